The lowest BCUT2D eigenvalue weighted by Gasteiger charge is -2.02. The van der Waals surface area contributed by atoms with E-state index in [1.54, 1.807) is 17.6 Å². The summed E-state index contributed by atoms with van der Waals surface area (Å²) in [4.78, 5) is 1.27. The molecule has 0 saturated heterocycles. The van der Waals surface area contributed by atoms with Crippen LogP contribution in [-0.2, 0) is 0 Å². The van der Waals surface area contributed by atoms with E-state index in [0.717, 1.165) is 15.7 Å². The van der Waals surface area contributed by atoms with Gasteiger partial charge in [0.25, 0.3) is 0 Å². The van der Waals surface area contributed by atoms with E-state index in [0.29, 0.717) is 0 Å². The van der Waals surface area contributed by atoms with Crippen molar-refractivity contribution in [3.05, 3.63) is 45.0 Å². The van der Waals surface area contributed by atoms with Gasteiger partial charge in [-0.3, -0.25) is 0 Å². The first-order valence-electron chi connectivity index (χ1n) is 4.12. The standard InChI is InChI=1S/C10H8BrClOS/c1-6-5-8(14-10(6)12)9(11)7-3-2-4-13-7/h2-5,9H,1H3. The summed E-state index contributed by atoms with van der Waals surface area (Å²) in [7, 11) is 0. The fraction of sp³-hybridized carbons (Fsp3) is 0.200. The molecule has 0 radical (unpaired) electrons. The smallest absolute Gasteiger partial charge is 0.122 e. The van der Waals surface area contributed by atoms with Crippen molar-refractivity contribution in [3.8, 4) is 0 Å². The number of hydrogen-bond donors (Lipinski definition) is 0. The van der Waals surface area contributed by atoms with E-state index in [9.17, 15) is 0 Å². The molecule has 0 amide bonds. The summed E-state index contributed by atoms with van der Waals surface area (Å²) in [5, 5.41) is 0. The highest BCUT2D eigenvalue weighted by molar-refractivity contribution is 9.09. The van der Waals surface area contributed by atoms with Crippen molar-refractivity contribution in [2.75, 3.05) is 0 Å². The van der Waals surface area contributed by atoms with Crippen LogP contribution >= 0.6 is 38.9 Å². The Balaban J connectivity index is 2.32. The number of thiophene rings is 1. The first-order chi connectivity index (χ1) is 6.68. The molecule has 0 spiro atoms. The Morgan fingerprint density at radius 2 is 2.36 bits per heavy atom. The highest BCUT2D eigenvalue weighted by atomic mass is 79.9. The molecular formula is C10H8BrClOS. The lowest BCUT2D eigenvalue weighted by atomic mass is 10.2. The van der Waals surface area contributed by atoms with Crippen LogP contribution in [0.5, 0.6) is 0 Å². The van der Waals surface area contributed by atoms with Gasteiger partial charge in [0.15, 0.2) is 0 Å². The largest absolute Gasteiger partial charge is 0.468 e. The maximum atomic E-state index is 6.00. The van der Waals surface area contributed by atoms with E-state index < -0.39 is 0 Å². The van der Waals surface area contributed by atoms with Crippen LogP contribution in [0.1, 0.15) is 21.0 Å². The van der Waals surface area contributed by atoms with Gasteiger partial charge >= 0.3 is 0 Å². The highest BCUT2D eigenvalue weighted by Gasteiger charge is 2.16. The molecule has 0 fully saturated rings. The molecule has 1 atom stereocenters. The Bertz CT molecular complexity index is 402. The molecule has 1 nitrogen and oxygen atoms in total. The maximum Gasteiger partial charge on any atom is 0.122 e. The number of rotatable bonds is 2. The van der Waals surface area contributed by atoms with Gasteiger partial charge in [-0.2, -0.15) is 0 Å². The third-order valence-electron chi connectivity index (χ3n) is 1.92. The van der Waals surface area contributed by atoms with E-state index in [-0.39, 0.29) is 4.83 Å². The number of alkyl halides is 1. The summed E-state index contributed by atoms with van der Waals surface area (Å²) in [5.74, 6) is 0.905. The Hall–Kier alpha value is -0.250. The summed E-state index contributed by atoms with van der Waals surface area (Å²) >= 11 is 11.2. The second kappa shape index (κ2) is 4.09. The van der Waals surface area contributed by atoms with E-state index >= 15 is 0 Å². The molecule has 0 aromatic carbocycles. The molecule has 0 bridgehead atoms. The molecule has 1 unspecified atom stereocenters. The summed E-state index contributed by atoms with van der Waals surface area (Å²) in [5.41, 5.74) is 1.11. The van der Waals surface area contributed by atoms with Crippen molar-refractivity contribution in [3.63, 3.8) is 0 Å². The van der Waals surface area contributed by atoms with Gasteiger partial charge in [0.1, 0.15) is 10.6 Å². The predicted octanol–water partition coefficient (Wildman–Crippen LogP) is 4.79. The average Bonchev–Trinajstić information content (AvgIpc) is 2.76. The topological polar surface area (TPSA) is 13.1 Å². The van der Waals surface area contributed by atoms with Crippen LogP contribution in [0.15, 0.2) is 28.9 Å². The molecule has 0 aliphatic rings. The number of hydrogen-bond acceptors (Lipinski definition) is 2. The van der Waals surface area contributed by atoms with Gasteiger partial charge in [-0.25, -0.2) is 0 Å². The Morgan fingerprint density at radius 3 is 2.86 bits per heavy atom. The summed E-state index contributed by atoms with van der Waals surface area (Å²) < 4.78 is 6.16. The first-order valence-corrected chi connectivity index (χ1v) is 6.23. The molecule has 2 aromatic rings. The van der Waals surface area contributed by atoms with E-state index in [1.165, 1.54) is 4.88 Å². The third kappa shape index (κ3) is 1.90. The fourth-order valence-electron chi connectivity index (χ4n) is 1.18. The molecule has 0 aliphatic heterocycles. The lowest BCUT2D eigenvalue weighted by molar-refractivity contribution is 0.521. The molecule has 0 N–H and O–H groups in total. The summed E-state index contributed by atoms with van der Waals surface area (Å²) in [6.45, 7) is 2.00. The third-order valence-corrected chi connectivity index (χ3v) is 4.79. The Labute approximate surface area is 99.8 Å². The molecule has 0 aliphatic carbocycles. The van der Waals surface area contributed by atoms with Crippen LogP contribution in [-0.4, -0.2) is 0 Å². The number of halogens is 2. The van der Waals surface area contributed by atoms with Crippen molar-refractivity contribution in [2.45, 2.75) is 11.8 Å². The number of furan rings is 1. The molecule has 0 saturated carbocycles. The molecular weight excluding hydrogens is 284 g/mol. The average molecular weight is 292 g/mol. The zero-order chi connectivity index (χ0) is 10.1. The van der Waals surface area contributed by atoms with Crippen LogP contribution in [0.3, 0.4) is 0 Å². The van der Waals surface area contributed by atoms with Gasteiger partial charge in [0.05, 0.1) is 10.6 Å². The van der Waals surface area contributed by atoms with Crippen molar-refractivity contribution in [1.82, 2.24) is 0 Å². The van der Waals surface area contributed by atoms with Crippen LogP contribution in [0.25, 0.3) is 0 Å². The van der Waals surface area contributed by atoms with Crippen LogP contribution in [0.2, 0.25) is 4.34 Å². The van der Waals surface area contributed by atoms with Crippen LogP contribution < -0.4 is 0 Å². The second-order valence-corrected chi connectivity index (χ2v) is 5.58. The normalized spacial score (nSPS) is 13.1. The van der Waals surface area contributed by atoms with Gasteiger partial charge in [0.2, 0.25) is 0 Å². The monoisotopic (exact) mass is 290 g/mol. The van der Waals surface area contributed by atoms with Gasteiger partial charge < -0.3 is 4.42 Å². The molecule has 74 valence electrons. The lowest BCUT2D eigenvalue weighted by Crippen LogP contribution is -1.85. The minimum Gasteiger partial charge on any atom is -0.468 e. The van der Waals surface area contributed by atoms with Crippen molar-refractivity contribution in [1.29, 1.82) is 0 Å². The highest BCUT2D eigenvalue weighted by Crippen LogP contribution is 2.38. The van der Waals surface area contributed by atoms with E-state index in [4.69, 9.17) is 16.0 Å². The van der Waals surface area contributed by atoms with Gasteiger partial charge in [-0.05, 0) is 30.7 Å². The number of aryl methyl sites for hydroxylation is 1. The van der Waals surface area contributed by atoms with Gasteiger partial charge in [-0.1, -0.05) is 27.5 Å². The summed E-state index contributed by atoms with van der Waals surface area (Å²) in [6, 6.07) is 5.91. The van der Waals surface area contributed by atoms with E-state index in [1.807, 2.05) is 19.1 Å². The van der Waals surface area contributed by atoms with Crippen LogP contribution in [0.4, 0.5) is 0 Å². The van der Waals surface area contributed by atoms with Gasteiger partial charge in [-0.15, -0.1) is 11.3 Å². The van der Waals surface area contributed by atoms with E-state index in [2.05, 4.69) is 22.0 Å². The SMILES string of the molecule is Cc1cc(C(Br)c2ccco2)sc1Cl. The minimum atomic E-state index is 0.105. The molecule has 2 rings (SSSR count). The second-order valence-electron chi connectivity index (χ2n) is 2.98. The molecule has 2 heterocycles. The van der Waals surface area contributed by atoms with Crippen molar-refractivity contribution >= 4 is 38.9 Å². The maximum absolute atomic E-state index is 6.00. The zero-order valence-corrected chi connectivity index (χ0v) is 10.6. The Kier molecular flexibility index (Phi) is 3.00. The van der Waals surface area contributed by atoms with Crippen molar-refractivity contribution < 1.29 is 4.42 Å². The fourth-order valence-corrected chi connectivity index (χ4v) is 3.06. The quantitative estimate of drug-likeness (QED) is 0.725. The molecule has 4 heteroatoms. The Morgan fingerprint density at radius 1 is 1.57 bits per heavy atom. The minimum absolute atomic E-state index is 0.105. The molecule has 2 aromatic heterocycles. The van der Waals surface area contributed by atoms with Crippen molar-refractivity contribution in [2.24, 2.45) is 0 Å². The first kappa shape index (κ1) is 10.3. The summed E-state index contributed by atoms with van der Waals surface area (Å²) in [6.07, 6.45) is 1.67. The molecule has 14 heavy (non-hydrogen) atoms. The predicted molar refractivity (Wildman–Crippen MR) is 63.5 cm³/mol. The zero-order valence-electron chi connectivity index (χ0n) is 7.46. The van der Waals surface area contributed by atoms with Crippen LogP contribution in [0, 0.1) is 6.92 Å². The van der Waals surface area contributed by atoms with Gasteiger partial charge in [0, 0.05) is 4.88 Å².